The second kappa shape index (κ2) is 6.03. The van der Waals surface area contributed by atoms with Crippen LogP contribution < -0.4 is 11.1 Å². The van der Waals surface area contributed by atoms with E-state index in [9.17, 15) is 9.59 Å². The number of carboxylic acid groups (broad SMARTS) is 1. The van der Waals surface area contributed by atoms with Crippen LogP contribution >= 0.6 is 23.2 Å². The van der Waals surface area contributed by atoms with E-state index in [1.54, 1.807) is 0 Å². The van der Waals surface area contributed by atoms with Crippen LogP contribution in [0.3, 0.4) is 0 Å². The Balaban J connectivity index is 2.31. The highest BCUT2D eigenvalue weighted by atomic mass is 35.5. The van der Waals surface area contributed by atoms with Gasteiger partial charge in [-0.1, -0.05) is 23.2 Å². The number of rotatable bonds is 3. The van der Waals surface area contributed by atoms with Gasteiger partial charge in [0.2, 0.25) is 0 Å². The van der Waals surface area contributed by atoms with Gasteiger partial charge in [-0.25, -0.2) is 4.79 Å². The van der Waals surface area contributed by atoms with Crippen molar-refractivity contribution >= 4 is 46.5 Å². The zero-order chi connectivity index (χ0) is 15.6. The van der Waals surface area contributed by atoms with Crippen molar-refractivity contribution in [3.05, 3.63) is 57.6 Å². The van der Waals surface area contributed by atoms with Gasteiger partial charge in [-0.05, 0) is 36.4 Å². The molecule has 0 unspecified atom stereocenters. The van der Waals surface area contributed by atoms with E-state index in [4.69, 9.17) is 34.0 Å². The predicted molar refractivity (Wildman–Crippen MR) is 82.2 cm³/mol. The number of hydrogen-bond acceptors (Lipinski definition) is 3. The van der Waals surface area contributed by atoms with Crippen LogP contribution in [0.1, 0.15) is 20.7 Å². The molecule has 2 rings (SSSR count). The Morgan fingerprint density at radius 2 is 1.76 bits per heavy atom. The third-order valence-electron chi connectivity index (χ3n) is 2.64. The maximum Gasteiger partial charge on any atom is 0.335 e. The molecule has 4 N–H and O–H groups in total. The minimum Gasteiger partial charge on any atom is -0.478 e. The van der Waals surface area contributed by atoms with Gasteiger partial charge in [0.1, 0.15) is 0 Å². The molecule has 0 atom stereocenters. The average Bonchev–Trinajstić information content (AvgIpc) is 2.39. The molecule has 0 bridgehead atoms. The predicted octanol–water partition coefficient (Wildman–Crippen LogP) is 3.53. The molecule has 0 radical (unpaired) electrons. The van der Waals surface area contributed by atoms with Gasteiger partial charge in [-0.2, -0.15) is 0 Å². The molecule has 1 amide bonds. The van der Waals surface area contributed by atoms with Crippen LogP contribution in [0.2, 0.25) is 10.0 Å². The molecule has 108 valence electrons. The van der Waals surface area contributed by atoms with Crippen LogP contribution in [0.15, 0.2) is 36.4 Å². The molecule has 21 heavy (non-hydrogen) atoms. The van der Waals surface area contributed by atoms with Crippen molar-refractivity contribution in [3.8, 4) is 0 Å². The van der Waals surface area contributed by atoms with Crippen LogP contribution in [0.25, 0.3) is 0 Å². The van der Waals surface area contributed by atoms with E-state index in [0.29, 0.717) is 10.7 Å². The maximum atomic E-state index is 12.1. The average molecular weight is 325 g/mol. The van der Waals surface area contributed by atoms with Crippen LogP contribution in [0.4, 0.5) is 11.4 Å². The summed E-state index contributed by atoms with van der Waals surface area (Å²) in [6.07, 6.45) is 0. The second-order valence-electron chi connectivity index (χ2n) is 4.23. The van der Waals surface area contributed by atoms with Crippen molar-refractivity contribution in [3.63, 3.8) is 0 Å². The smallest absolute Gasteiger partial charge is 0.335 e. The lowest BCUT2D eigenvalue weighted by atomic mass is 10.1. The molecule has 0 aliphatic carbocycles. The van der Waals surface area contributed by atoms with Crippen LogP contribution in [0, 0.1) is 0 Å². The molecular weight excluding hydrogens is 315 g/mol. The lowest BCUT2D eigenvalue weighted by molar-refractivity contribution is 0.0696. The van der Waals surface area contributed by atoms with Gasteiger partial charge in [0.25, 0.3) is 5.91 Å². The highest BCUT2D eigenvalue weighted by Crippen LogP contribution is 2.24. The summed E-state index contributed by atoms with van der Waals surface area (Å²) in [5.74, 6) is -1.61. The Kier molecular flexibility index (Phi) is 4.35. The molecule has 5 nitrogen and oxygen atoms in total. The quantitative estimate of drug-likeness (QED) is 0.753. The van der Waals surface area contributed by atoms with E-state index < -0.39 is 11.9 Å². The van der Waals surface area contributed by atoms with Gasteiger partial charge in [-0.3, -0.25) is 4.79 Å². The van der Waals surface area contributed by atoms with Gasteiger partial charge in [0, 0.05) is 16.3 Å². The minimum absolute atomic E-state index is 0.0142. The van der Waals surface area contributed by atoms with E-state index in [2.05, 4.69) is 5.32 Å². The normalized spacial score (nSPS) is 10.2. The summed E-state index contributed by atoms with van der Waals surface area (Å²) in [4.78, 5) is 23.0. The van der Waals surface area contributed by atoms with Crippen molar-refractivity contribution in [2.45, 2.75) is 0 Å². The number of benzene rings is 2. The highest BCUT2D eigenvalue weighted by molar-refractivity contribution is 6.34. The lowest BCUT2D eigenvalue weighted by Gasteiger charge is -2.09. The second-order valence-corrected chi connectivity index (χ2v) is 5.07. The number of anilines is 2. The summed E-state index contributed by atoms with van der Waals surface area (Å²) >= 11 is 11.8. The van der Waals surface area contributed by atoms with Crippen molar-refractivity contribution in [1.29, 1.82) is 0 Å². The number of carboxylic acids is 1. The summed E-state index contributed by atoms with van der Waals surface area (Å²) < 4.78 is 0. The van der Waals surface area contributed by atoms with Gasteiger partial charge < -0.3 is 16.2 Å². The molecule has 0 saturated heterocycles. The molecule has 0 heterocycles. The summed E-state index contributed by atoms with van der Waals surface area (Å²) in [5.41, 5.74) is 6.42. The number of nitrogen functional groups attached to an aromatic ring is 1. The number of amides is 1. The van der Waals surface area contributed by atoms with Crippen molar-refractivity contribution < 1.29 is 14.7 Å². The standard InChI is InChI=1S/C14H10Cl2N2O3/c15-9-3-8(4-10(17)6-9)13(19)18-12-5-7(14(20)21)1-2-11(12)16/h1-6H,17H2,(H,18,19)(H,20,21). The largest absolute Gasteiger partial charge is 0.478 e. The van der Waals surface area contributed by atoms with Crippen LogP contribution in [-0.2, 0) is 0 Å². The summed E-state index contributed by atoms with van der Waals surface area (Å²) in [7, 11) is 0. The van der Waals surface area contributed by atoms with E-state index in [-0.39, 0.29) is 21.8 Å². The number of nitrogens with one attached hydrogen (secondary N) is 1. The van der Waals surface area contributed by atoms with E-state index in [1.807, 2.05) is 0 Å². The zero-order valence-corrected chi connectivity index (χ0v) is 12.1. The van der Waals surface area contributed by atoms with Gasteiger partial charge in [-0.15, -0.1) is 0 Å². The zero-order valence-electron chi connectivity index (χ0n) is 10.6. The Morgan fingerprint density at radius 1 is 1.05 bits per heavy atom. The van der Waals surface area contributed by atoms with Crippen LogP contribution in [0.5, 0.6) is 0 Å². The van der Waals surface area contributed by atoms with Gasteiger partial charge >= 0.3 is 5.97 Å². The van der Waals surface area contributed by atoms with Crippen molar-refractivity contribution in [2.24, 2.45) is 0 Å². The Hall–Kier alpha value is -2.24. The first-order chi connectivity index (χ1) is 9.86. The fraction of sp³-hybridized carbons (Fsp3) is 0. The molecule has 7 heteroatoms. The monoisotopic (exact) mass is 324 g/mol. The SMILES string of the molecule is Nc1cc(Cl)cc(C(=O)Nc2cc(C(=O)O)ccc2Cl)c1. The summed E-state index contributed by atoms with van der Waals surface area (Å²) in [6, 6.07) is 8.43. The number of carbonyl (C=O) groups is 2. The number of aromatic carboxylic acids is 1. The van der Waals surface area contributed by atoms with Gasteiger partial charge in [0.15, 0.2) is 0 Å². The fourth-order valence-corrected chi connectivity index (χ4v) is 2.10. The number of halogens is 2. The number of nitrogens with two attached hydrogens (primary N) is 1. The number of carbonyl (C=O) groups excluding carboxylic acids is 1. The molecule has 0 aliphatic heterocycles. The Morgan fingerprint density at radius 3 is 2.38 bits per heavy atom. The Labute approximate surface area is 130 Å². The molecular formula is C14H10Cl2N2O3. The summed E-state index contributed by atoms with van der Waals surface area (Å²) in [5, 5.41) is 12.0. The lowest BCUT2D eigenvalue weighted by Crippen LogP contribution is -2.13. The van der Waals surface area contributed by atoms with E-state index in [1.165, 1.54) is 36.4 Å². The molecule has 0 aromatic heterocycles. The van der Waals surface area contributed by atoms with E-state index in [0.717, 1.165) is 0 Å². The van der Waals surface area contributed by atoms with E-state index >= 15 is 0 Å². The maximum absolute atomic E-state index is 12.1. The first-order valence-electron chi connectivity index (χ1n) is 5.77. The highest BCUT2D eigenvalue weighted by Gasteiger charge is 2.12. The van der Waals surface area contributed by atoms with Crippen molar-refractivity contribution in [1.82, 2.24) is 0 Å². The molecule has 0 fully saturated rings. The Bertz CT molecular complexity index is 712. The molecule has 2 aromatic rings. The minimum atomic E-state index is -1.12. The topological polar surface area (TPSA) is 92.4 Å². The first-order valence-corrected chi connectivity index (χ1v) is 6.52. The van der Waals surface area contributed by atoms with Gasteiger partial charge in [0.05, 0.1) is 16.3 Å². The van der Waals surface area contributed by atoms with Crippen molar-refractivity contribution in [2.75, 3.05) is 11.1 Å². The molecule has 0 spiro atoms. The van der Waals surface area contributed by atoms with Crippen LogP contribution in [-0.4, -0.2) is 17.0 Å². The summed E-state index contributed by atoms with van der Waals surface area (Å²) in [6.45, 7) is 0. The third kappa shape index (κ3) is 3.65. The fourth-order valence-electron chi connectivity index (χ4n) is 1.69. The molecule has 0 aliphatic rings. The number of hydrogen-bond donors (Lipinski definition) is 3. The first kappa shape index (κ1) is 15.2. The molecule has 0 saturated carbocycles. The third-order valence-corrected chi connectivity index (χ3v) is 3.19. The molecule has 2 aromatic carbocycles.